The molecule has 3 rings (SSSR count). The van der Waals surface area contributed by atoms with Crippen LogP contribution in [0.3, 0.4) is 0 Å². The maximum absolute atomic E-state index is 10.00. The van der Waals surface area contributed by atoms with Gasteiger partial charge in [0.1, 0.15) is 0 Å². The van der Waals surface area contributed by atoms with Gasteiger partial charge in [-0.1, -0.05) is 13.0 Å². The lowest BCUT2D eigenvalue weighted by Crippen LogP contribution is -2.30. The average molecular weight is 369 g/mol. The molecule has 1 unspecified atom stereocenters. The van der Waals surface area contributed by atoms with Crippen molar-refractivity contribution >= 4 is 22.9 Å². The van der Waals surface area contributed by atoms with Gasteiger partial charge in [-0.2, -0.15) is 9.97 Å². The highest BCUT2D eigenvalue weighted by atomic mass is 16.3. The largest absolute Gasteiger partial charge is 0.389 e. The molecule has 3 heterocycles. The van der Waals surface area contributed by atoms with E-state index < -0.39 is 5.60 Å². The molecule has 8 nitrogen and oxygen atoms in total. The Kier molecular flexibility index (Phi) is 5.55. The number of hydrogen-bond donors (Lipinski definition) is 3. The van der Waals surface area contributed by atoms with Crippen molar-refractivity contribution in [2.24, 2.45) is 0 Å². The van der Waals surface area contributed by atoms with E-state index in [2.05, 4.69) is 49.0 Å². The second-order valence-electron chi connectivity index (χ2n) is 7.36. The molecule has 3 aromatic heterocycles. The molecule has 3 N–H and O–H groups in total. The Bertz CT molecular complexity index is 886. The van der Waals surface area contributed by atoms with Crippen LogP contribution in [0.2, 0.25) is 0 Å². The summed E-state index contributed by atoms with van der Waals surface area (Å²) in [6, 6.07) is 4.18. The first-order valence-electron chi connectivity index (χ1n) is 9.21. The van der Waals surface area contributed by atoms with Crippen molar-refractivity contribution in [2.75, 3.05) is 17.2 Å². The molecule has 3 aromatic rings. The fourth-order valence-electron chi connectivity index (χ4n) is 2.62. The highest BCUT2D eigenvalue weighted by molar-refractivity contribution is 5.84. The Morgan fingerprint density at radius 2 is 2.07 bits per heavy atom. The summed E-state index contributed by atoms with van der Waals surface area (Å²) in [4.78, 5) is 17.9. The van der Waals surface area contributed by atoms with Gasteiger partial charge in [-0.3, -0.25) is 4.98 Å². The summed E-state index contributed by atoms with van der Waals surface area (Å²) in [6.45, 7) is 8.68. The summed E-state index contributed by atoms with van der Waals surface area (Å²) in [5.41, 5.74) is 1.69. The monoisotopic (exact) mass is 369 g/mol. The number of hydrogen-bond acceptors (Lipinski definition) is 7. The number of rotatable bonds is 8. The summed E-state index contributed by atoms with van der Waals surface area (Å²) in [7, 11) is 0. The predicted octanol–water partition coefficient (Wildman–Crippen LogP) is 2.99. The Morgan fingerprint density at radius 1 is 1.26 bits per heavy atom. The SMILES string of the molecule is CCC(C)n1cnc2c(NCc3cccnc3)nc(NCC(C)(C)O)nc21. The van der Waals surface area contributed by atoms with Crippen molar-refractivity contribution < 1.29 is 5.11 Å². The molecular weight excluding hydrogens is 342 g/mol. The van der Waals surface area contributed by atoms with Gasteiger partial charge >= 0.3 is 0 Å². The number of pyridine rings is 1. The first-order chi connectivity index (χ1) is 12.9. The minimum Gasteiger partial charge on any atom is -0.389 e. The summed E-state index contributed by atoms with van der Waals surface area (Å²) in [5.74, 6) is 1.12. The fraction of sp³-hybridized carbons (Fsp3) is 0.474. The molecular formula is C19H27N7O. The molecule has 0 spiro atoms. The summed E-state index contributed by atoms with van der Waals surface area (Å²) < 4.78 is 2.06. The van der Waals surface area contributed by atoms with E-state index in [0.717, 1.165) is 23.1 Å². The van der Waals surface area contributed by atoms with E-state index >= 15 is 0 Å². The maximum atomic E-state index is 10.00. The van der Waals surface area contributed by atoms with E-state index in [1.54, 1.807) is 20.0 Å². The van der Waals surface area contributed by atoms with Gasteiger partial charge in [0.25, 0.3) is 0 Å². The van der Waals surface area contributed by atoms with Gasteiger partial charge in [0.05, 0.1) is 11.9 Å². The molecule has 0 saturated carbocycles. The molecule has 27 heavy (non-hydrogen) atoms. The normalized spacial score (nSPS) is 12.9. The fourth-order valence-corrected chi connectivity index (χ4v) is 2.62. The quantitative estimate of drug-likeness (QED) is 0.561. The third-order valence-electron chi connectivity index (χ3n) is 4.35. The van der Waals surface area contributed by atoms with Gasteiger partial charge in [-0.15, -0.1) is 0 Å². The highest BCUT2D eigenvalue weighted by Crippen LogP contribution is 2.25. The Balaban J connectivity index is 1.95. The first kappa shape index (κ1) is 19.0. The van der Waals surface area contributed by atoms with Crippen LogP contribution >= 0.6 is 0 Å². The lowest BCUT2D eigenvalue weighted by atomic mass is 10.1. The second kappa shape index (κ2) is 7.87. The average Bonchev–Trinajstić information content (AvgIpc) is 3.08. The molecule has 0 aromatic carbocycles. The maximum Gasteiger partial charge on any atom is 0.226 e. The molecule has 0 amide bonds. The lowest BCUT2D eigenvalue weighted by molar-refractivity contribution is 0.0943. The van der Waals surface area contributed by atoms with Crippen LogP contribution < -0.4 is 10.6 Å². The van der Waals surface area contributed by atoms with Crippen molar-refractivity contribution in [1.82, 2.24) is 24.5 Å². The second-order valence-corrected chi connectivity index (χ2v) is 7.36. The van der Waals surface area contributed by atoms with E-state index in [9.17, 15) is 5.11 Å². The third kappa shape index (κ3) is 4.71. The first-order valence-corrected chi connectivity index (χ1v) is 9.21. The summed E-state index contributed by atoms with van der Waals surface area (Å²) >= 11 is 0. The smallest absolute Gasteiger partial charge is 0.226 e. The van der Waals surface area contributed by atoms with Crippen LogP contribution in [0.5, 0.6) is 0 Å². The van der Waals surface area contributed by atoms with E-state index in [1.165, 1.54) is 0 Å². The number of nitrogens with one attached hydrogen (secondary N) is 2. The molecule has 0 fully saturated rings. The zero-order valence-electron chi connectivity index (χ0n) is 16.3. The molecule has 144 valence electrons. The summed E-state index contributed by atoms with van der Waals surface area (Å²) in [5, 5.41) is 16.5. The number of aromatic nitrogens is 5. The summed E-state index contributed by atoms with van der Waals surface area (Å²) in [6.07, 6.45) is 6.35. The molecule has 0 radical (unpaired) electrons. The van der Waals surface area contributed by atoms with Crippen LogP contribution in [-0.2, 0) is 6.54 Å². The van der Waals surface area contributed by atoms with Crippen molar-refractivity contribution in [1.29, 1.82) is 0 Å². The van der Waals surface area contributed by atoms with E-state index in [1.807, 2.05) is 24.7 Å². The van der Waals surface area contributed by atoms with E-state index in [4.69, 9.17) is 0 Å². The lowest BCUT2D eigenvalue weighted by Gasteiger charge is -2.18. The Labute approximate surface area is 159 Å². The van der Waals surface area contributed by atoms with Crippen molar-refractivity contribution in [3.63, 3.8) is 0 Å². The van der Waals surface area contributed by atoms with Gasteiger partial charge in [0, 0.05) is 31.5 Å². The van der Waals surface area contributed by atoms with Crippen molar-refractivity contribution in [3.8, 4) is 0 Å². The number of imidazole rings is 1. The van der Waals surface area contributed by atoms with Crippen LogP contribution in [-0.4, -0.2) is 41.8 Å². The minimum absolute atomic E-state index is 0.276. The van der Waals surface area contributed by atoms with E-state index in [-0.39, 0.29) is 6.04 Å². The molecule has 0 bridgehead atoms. The Hall–Kier alpha value is -2.74. The molecule has 0 aliphatic carbocycles. The number of anilines is 2. The minimum atomic E-state index is -0.863. The molecule has 8 heteroatoms. The van der Waals surface area contributed by atoms with Crippen LogP contribution in [0, 0.1) is 0 Å². The zero-order valence-corrected chi connectivity index (χ0v) is 16.3. The van der Waals surface area contributed by atoms with Crippen LogP contribution in [0.15, 0.2) is 30.9 Å². The van der Waals surface area contributed by atoms with Crippen LogP contribution in [0.1, 0.15) is 45.7 Å². The molecule has 0 aliphatic heterocycles. The Morgan fingerprint density at radius 3 is 2.74 bits per heavy atom. The van der Waals surface area contributed by atoms with Crippen LogP contribution in [0.25, 0.3) is 11.2 Å². The predicted molar refractivity (Wildman–Crippen MR) is 107 cm³/mol. The number of nitrogens with zero attached hydrogens (tertiary/aromatic N) is 5. The van der Waals surface area contributed by atoms with E-state index in [0.29, 0.717) is 24.9 Å². The van der Waals surface area contributed by atoms with Gasteiger partial charge in [0.15, 0.2) is 17.0 Å². The van der Waals surface area contributed by atoms with Crippen LogP contribution in [0.4, 0.5) is 11.8 Å². The molecule has 0 aliphatic rings. The number of aliphatic hydroxyl groups is 1. The number of fused-ring (bicyclic) bond motifs is 1. The van der Waals surface area contributed by atoms with Crippen molar-refractivity contribution in [3.05, 3.63) is 36.4 Å². The highest BCUT2D eigenvalue weighted by Gasteiger charge is 2.18. The van der Waals surface area contributed by atoms with Gasteiger partial charge in [-0.05, 0) is 38.8 Å². The third-order valence-corrected chi connectivity index (χ3v) is 4.35. The topological polar surface area (TPSA) is 101 Å². The van der Waals surface area contributed by atoms with Crippen molar-refractivity contribution in [2.45, 2.75) is 52.3 Å². The zero-order chi connectivity index (χ0) is 19.4. The molecule has 1 atom stereocenters. The van der Waals surface area contributed by atoms with Gasteiger partial charge in [-0.25, -0.2) is 4.98 Å². The standard InChI is InChI=1S/C19H27N7O/c1-5-13(2)26-12-23-15-16(21-10-14-7-6-8-20-9-14)24-18(25-17(15)26)22-11-19(3,4)27/h6-9,12-13,27H,5,10-11H2,1-4H3,(H2,21,22,24,25). The van der Waals surface area contributed by atoms with Gasteiger partial charge in [0.2, 0.25) is 5.95 Å². The van der Waals surface area contributed by atoms with Gasteiger partial charge < -0.3 is 20.3 Å². The molecule has 0 saturated heterocycles.